The number of hydrogen-bond acceptors (Lipinski definition) is 6. The van der Waals surface area contributed by atoms with Gasteiger partial charge in [0.1, 0.15) is 13.2 Å². The Bertz CT molecular complexity index is 1560. The van der Waals surface area contributed by atoms with Gasteiger partial charge in [-0.25, -0.2) is 0 Å². The lowest BCUT2D eigenvalue weighted by molar-refractivity contribution is -0.167. The zero-order chi connectivity index (χ0) is 50.0. The molecule has 0 aromatic rings. The molecule has 0 heterocycles. The van der Waals surface area contributed by atoms with Crippen LogP contribution in [0, 0.1) is 0 Å². The zero-order valence-corrected chi connectivity index (χ0v) is 44.0. The molecule has 0 N–H and O–H groups in total. The molecule has 0 bridgehead atoms. The molecular formula is C63H98O6. The first-order valence-corrected chi connectivity index (χ1v) is 27.3. The molecule has 0 spiro atoms. The zero-order valence-electron chi connectivity index (χ0n) is 44.0. The minimum absolute atomic E-state index is 0.107. The Morgan fingerprint density at radius 1 is 0.304 bits per heavy atom. The van der Waals surface area contributed by atoms with Gasteiger partial charge in [-0.15, -0.1) is 0 Å². The molecule has 0 rings (SSSR count). The van der Waals surface area contributed by atoms with Gasteiger partial charge in [-0.3, -0.25) is 14.4 Å². The summed E-state index contributed by atoms with van der Waals surface area (Å²) in [5, 5.41) is 0. The Labute approximate surface area is 423 Å². The van der Waals surface area contributed by atoms with Gasteiger partial charge in [0.15, 0.2) is 6.10 Å². The van der Waals surface area contributed by atoms with Crippen molar-refractivity contribution in [2.45, 2.75) is 219 Å². The molecule has 6 nitrogen and oxygen atoms in total. The van der Waals surface area contributed by atoms with E-state index in [-0.39, 0.29) is 37.5 Å². The van der Waals surface area contributed by atoms with Gasteiger partial charge in [0.2, 0.25) is 0 Å². The molecule has 0 aliphatic heterocycles. The number of rotatable bonds is 47. The molecule has 0 fully saturated rings. The van der Waals surface area contributed by atoms with Crippen LogP contribution >= 0.6 is 0 Å². The highest BCUT2D eigenvalue weighted by Crippen LogP contribution is 2.12. The minimum Gasteiger partial charge on any atom is -0.462 e. The maximum Gasteiger partial charge on any atom is 0.306 e. The lowest BCUT2D eigenvalue weighted by atomic mass is 10.1. The SMILES string of the molecule is CC/C=C\C/C=C\C/C=C\C/C=C\C/C=C\C/C=C\C/C=C\C/C=C\CCCCC(=O)OCC(COC(=O)CCCCCCCCC)OC(=O)CCCCCC/C=C\C/C=C\C/C=C\C/C=C\CC. The number of esters is 3. The van der Waals surface area contributed by atoms with Gasteiger partial charge in [-0.05, 0) is 122 Å². The summed E-state index contributed by atoms with van der Waals surface area (Å²) in [6.45, 7) is 6.28. The average Bonchev–Trinajstić information content (AvgIpc) is 3.35. The monoisotopic (exact) mass is 951 g/mol. The minimum atomic E-state index is -0.812. The lowest BCUT2D eigenvalue weighted by Gasteiger charge is -2.18. The summed E-state index contributed by atoms with van der Waals surface area (Å²) in [7, 11) is 0. The topological polar surface area (TPSA) is 78.9 Å². The molecule has 0 amide bonds. The third-order valence-electron chi connectivity index (χ3n) is 10.8. The second-order valence-electron chi connectivity index (χ2n) is 17.4. The highest BCUT2D eigenvalue weighted by Gasteiger charge is 2.19. The van der Waals surface area contributed by atoms with Crippen LogP contribution in [0.2, 0.25) is 0 Å². The Morgan fingerprint density at radius 3 is 0.913 bits per heavy atom. The summed E-state index contributed by atoms with van der Waals surface area (Å²) in [5.74, 6) is -0.994. The molecule has 0 saturated heterocycles. The van der Waals surface area contributed by atoms with Crippen molar-refractivity contribution < 1.29 is 28.6 Å². The van der Waals surface area contributed by atoms with Gasteiger partial charge in [-0.1, -0.05) is 218 Å². The van der Waals surface area contributed by atoms with Crippen molar-refractivity contribution in [3.63, 3.8) is 0 Å². The quantitative estimate of drug-likeness (QED) is 0.0262. The van der Waals surface area contributed by atoms with E-state index in [1.54, 1.807) is 0 Å². The van der Waals surface area contributed by atoms with Crippen LogP contribution in [0.1, 0.15) is 213 Å². The van der Waals surface area contributed by atoms with Gasteiger partial charge in [0.25, 0.3) is 0 Å². The molecule has 0 aliphatic carbocycles. The number of ether oxygens (including phenoxy) is 3. The fourth-order valence-corrected chi connectivity index (χ4v) is 6.80. The smallest absolute Gasteiger partial charge is 0.306 e. The second kappa shape index (κ2) is 55.9. The van der Waals surface area contributed by atoms with Crippen LogP contribution in [0.25, 0.3) is 0 Å². The fraction of sp³-hybridized carbons (Fsp3) is 0.571. The van der Waals surface area contributed by atoms with Crippen LogP contribution in [0.15, 0.2) is 146 Å². The Kier molecular flexibility index (Phi) is 52.1. The molecule has 6 heteroatoms. The number of hydrogen-bond donors (Lipinski definition) is 0. The van der Waals surface area contributed by atoms with Crippen LogP contribution in [0.5, 0.6) is 0 Å². The van der Waals surface area contributed by atoms with Crippen LogP contribution < -0.4 is 0 Å². The molecule has 0 aliphatic rings. The predicted octanol–water partition coefficient (Wildman–Crippen LogP) is 18.4. The number of allylic oxidation sites excluding steroid dienone is 24. The Morgan fingerprint density at radius 2 is 0.565 bits per heavy atom. The summed E-state index contributed by atoms with van der Waals surface area (Å²) in [5.41, 5.74) is 0. The average molecular weight is 951 g/mol. The van der Waals surface area contributed by atoms with Crippen molar-refractivity contribution in [1.29, 1.82) is 0 Å². The van der Waals surface area contributed by atoms with Crippen LogP contribution in [-0.4, -0.2) is 37.2 Å². The van der Waals surface area contributed by atoms with Gasteiger partial charge in [0, 0.05) is 19.3 Å². The van der Waals surface area contributed by atoms with Crippen LogP contribution in [-0.2, 0) is 28.6 Å². The largest absolute Gasteiger partial charge is 0.462 e. The van der Waals surface area contributed by atoms with E-state index in [1.165, 1.54) is 25.7 Å². The molecule has 0 aromatic carbocycles. The maximum absolute atomic E-state index is 12.8. The fourth-order valence-electron chi connectivity index (χ4n) is 6.80. The van der Waals surface area contributed by atoms with E-state index >= 15 is 0 Å². The van der Waals surface area contributed by atoms with Gasteiger partial charge in [0.05, 0.1) is 0 Å². The third-order valence-corrected chi connectivity index (χ3v) is 10.8. The summed E-state index contributed by atoms with van der Waals surface area (Å²) in [4.78, 5) is 37.9. The molecule has 69 heavy (non-hydrogen) atoms. The van der Waals surface area contributed by atoms with Gasteiger partial charge < -0.3 is 14.2 Å². The summed E-state index contributed by atoms with van der Waals surface area (Å²) in [6, 6.07) is 0. The number of carbonyl (C=O) groups is 3. The molecular weight excluding hydrogens is 853 g/mol. The van der Waals surface area contributed by atoms with Crippen molar-refractivity contribution in [2.24, 2.45) is 0 Å². The van der Waals surface area contributed by atoms with E-state index < -0.39 is 6.10 Å². The molecule has 0 radical (unpaired) electrons. The molecule has 386 valence electrons. The maximum atomic E-state index is 12.8. The van der Waals surface area contributed by atoms with E-state index in [2.05, 4.69) is 167 Å². The van der Waals surface area contributed by atoms with E-state index in [4.69, 9.17) is 14.2 Å². The van der Waals surface area contributed by atoms with Gasteiger partial charge in [-0.2, -0.15) is 0 Å². The normalized spacial score (nSPS) is 13.3. The molecule has 0 aromatic heterocycles. The highest BCUT2D eigenvalue weighted by atomic mass is 16.6. The van der Waals surface area contributed by atoms with Crippen molar-refractivity contribution in [3.8, 4) is 0 Å². The molecule has 1 atom stereocenters. The van der Waals surface area contributed by atoms with Gasteiger partial charge >= 0.3 is 17.9 Å². The lowest BCUT2D eigenvalue weighted by Crippen LogP contribution is -2.30. The van der Waals surface area contributed by atoms with Crippen molar-refractivity contribution >= 4 is 17.9 Å². The number of carbonyl (C=O) groups excluding carboxylic acids is 3. The number of unbranched alkanes of at least 4 members (excludes halogenated alkanes) is 12. The second-order valence-corrected chi connectivity index (χ2v) is 17.4. The van der Waals surface area contributed by atoms with Crippen molar-refractivity contribution in [3.05, 3.63) is 146 Å². The first-order valence-electron chi connectivity index (χ1n) is 27.3. The summed E-state index contributed by atoms with van der Waals surface area (Å²) < 4.78 is 16.7. The van der Waals surface area contributed by atoms with E-state index in [9.17, 15) is 14.4 Å². The highest BCUT2D eigenvalue weighted by molar-refractivity contribution is 5.71. The summed E-state index contributed by atoms with van der Waals surface area (Å²) >= 11 is 0. The predicted molar refractivity (Wildman–Crippen MR) is 297 cm³/mol. The van der Waals surface area contributed by atoms with E-state index in [1.807, 2.05) is 0 Å². The van der Waals surface area contributed by atoms with Crippen molar-refractivity contribution in [2.75, 3.05) is 13.2 Å². The standard InChI is InChI=1S/C63H98O6/c1-4-7-10-13-16-18-20-22-24-26-27-28-29-30-31-32-33-34-35-37-38-40-42-44-47-50-53-56-62(65)68-59-60(58-67-61(64)55-52-49-46-15-12-9-6-3)69-63(66)57-54-51-48-45-43-41-39-36-25-23-21-19-17-14-11-8-5-2/h7-8,10-11,16-19,22-25,27-28,30-31,33-34,37-39,41-42,44,60H,4-6,9,12-15,20-21,26,29,32,35-36,40,43,45-59H2,1-3H3/b10-7-,11-8-,18-16-,19-17-,24-22-,25-23-,28-27-,31-30-,34-33-,38-37-,41-39-,44-42-. The first kappa shape index (κ1) is 64.3. The van der Waals surface area contributed by atoms with Crippen LogP contribution in [0.4, 0.5) is 0 Å². The van der Waals surface area contributed by atoms with Crippen molar-refractivity contribution in [1.82, 2.24) is 0 Å². The van der Waals surface area contributed by atoms with Crippen LogP contribution in [0.3, 0.4) is 0 Å². The molecule has 1 unspecified atom stereocenters. The summed E-state index contributed by atoms with van der Waals surface area (Å²) in [6.07, 6.45) is 80.0. The first-order chi connectivity index (χ1) is 34.0. The van der Waals surface area contributed by atoms with E-state index in [0.29, 0.717) is 19.3 Å². The molecule has 0 saturated carbocycles. The Hall–Kier alpha value is -4.71. The van der Waals surface area contributed by atoms with E-state index in [0.717, 1.165) is 141 Å². The Balaban J connectivity index is 4.37. The third kappa shape index (κ3) is 54.1.